The second-order valence-electron chi connectivity index (χ2n) is 9.43. The summed E-state index contributed by atoms with van der Waals surface area (Å²) in [6, 6.07) is 14.5. The van der Waals surface area contributed by atoms with Gasteiger partial charge in [0, 0.05) is 43.0 Å². The summed E-state index contributed by atoms with van der Waals surface area (Å²) in [5.41, 5.74) is 3.66. The summed E-state index contributed by atoms with van der Waals surface area (Å²) >= 11 is 0. The minimum Gasteiger partial charge on any atom is -0.390 e. The number of aliphatic hydroxyl groups excluding tert-OH is 1. The molecule has 2 aromatic carbocycles. The summed E-state index contributed by atoms with van der Waals surface area (Å²) < 4.78 is 21.7. The van der Waals surface area contributed by atoms with E-state index in [1.54, 1.807) is 10.6 Å². The number of aromatic nitrogens is 2. The number of fused-ring (bicyclic) bond motifs is 2. The van der Waals surface area contributed by atoms with E-state index in [-0.39, 0.29) is 16.9 Å². The van der Waals surface area contributed by atoms with Crippen molar-refractivity contribution in [1.82, 2.24) is 14.7 Å². The van der Waals surface area contributed by atoms with Gasteiger partial charge in [-0.15, -0.1) is 0 Å². The largest absolute Gasteiger partial charge is 0.390 e. The average molecular weight is 516 g/mol. The van der Waals surface area contributed by atoms with E-state index in [2.05, 4.69) is 20.5 Å². The number of rotatable bonds is 5. The zero-order chi connectivity index (χ0) is 26.2. The lowest BCUT2D eigenvalue weighted by atomic mass is 10.1. The topological polar surface area (TPSA) is 108 Å². The molecule has 0 spiro atoms. The van der Waals surface area contributed by atoms with Gasteiger partial charge in [0.05, 0.1) is 37.2 Å². The second-order valence-corrected chi connectivity index (χ2v) is 9.43. The van der Waals surface area contributed by atoms with Gasteiger partial charge in [-0.25, -0.2) is 9.37 Å². The smallest absolute Gasteiger partial charge is 0.274 e. The van der Waals surface area contributed by atoms with Crippen LogP contribution in [0.2, 0.25) is 0 Å². The van der Waals surface area contributed by atoms with E-state index >= 15 is 0 Å². The van der Waals surface area contributed by atoms with Crippen LogP contribution in [-0.4, -0.2) is 58.7 Å². The third kappa shape index (κ3) is 4.48. The Balaban J connectivity index is 1.19. The monoisotopic (exact) mass is 515 g/mol. The standard InChI is InChI=1S/C28H26FN5O4/c29-21-6-5-18(27(36)32-26-20-4-2-1-3-17(20)14-24(26)35)13-22(21)31-28(37)23-16-30-25-15-19(7-8-34(23)25)33-9-11-38-12-10-33/h1-8,13,15-16,24,26,35H,9-12,14H2,(H,31,37)(H,32,36). The molecular formula is C28H26FN5O4. The van der Waals surface area contributed by atoms with E-state index in [0.29, 0.717) is 25.3 Å². The molecule has 194 valence electrons. The molecule has 3 heterocycles. The lowest BCUT2D eigenvalue weighted by Gasteiger charge is -2.28. The van der Waals surface area contributed by atoms with Crippen LogP contribution in [0, 0.1) is 5.82 Å². The average Bonchev–Trinajstić information content (AvgIpc) is 3.50. The molecular weight excluding hydrogens is 489 g/mol. The van der Waals surface area contributed by atoms with Crippen molar-refractivity contribution in [1.29, 1.82) is 0 Å². The van der Waals surface area contributed by atoms with Crippen molar-refractivity contribution in [2.45, 2.75) is 18.6 Å². The molecule has 2 amide bonds. The van der Waals surface area contributed by atoms with Gasteiger partial charge in [-0.1, -0.05) is 24.3 Å². The first-order valence-electron chi connectivity index (χ1n) is 12.5. The van der Waals surface area contributed by atoms with Gasteiger partial charge in [-0.2, -0.15) is 0 Å². The number of halogens is 1. The first-order chi connectivity index (χ1) is 18.5. The molecule has 0 radical (unpaired) electrons. The fraction of sp³-hybridized carbons (Fsp3) is 0.250. The molecule has 0 bridgehead atoms. The summed E-state index contributed by atoms with van der Waals surface area (Å²) in [6.07, 6.45) is 2.88. The number of anilines is 2. The van der Waals surface area contributed by atoms with Crippen molar-refractivity contribution in [2.75, 3.05) is 36.5 Å². The maximum atomic E-state index is 14.6. The van der Waals surface area contributed by atoms with Gasteiger partial charge in [-0.05, 0) is 35.4 Å². The number of nitrogens with zero attached hydrogens (tertiary/aromatic N) is 3. The Morgan fingerprint density at radius 3 is 2.71 bits per heavy atom. The van der Waals surface area contributed by atoms with E-state index < -0.39 is 29.8 Å². The number of hydrogen-bond acceptors (Lipinski definition) is 6. The second kappa shape index (κ2) is 9.88. The molecule has 38 heavy (non-hydrogen) atoms. The van der Waals surface area contributed by atoms with Crippen molar-refractivity contribution in [3.63, 3.8) is 0 Å². The minimum absolute atomic E-state index is 0.130. The molecule has 1 fully saturated rings. The Hall–Kier alpha value is -4.28. The highest BCUT2D eigenvalue weighted by Gasteiger charge is 2.32. The number of aliphatic hydroxyl groups is 1. The molecule has 0 saturated carbocycles. The maximum Gasteiger partial charge on any atom is 0.274 e. The number of amides is 2. The van der Waals surface area contributed by atoms with Gasteiger partial charge in [0.1, 0.15) is 17.2 Å². The Morgan fingerprint density at radius 1 is 1.05 bits per heavy atom. The number of benzene rings is 2. The number of ether oxygens (including phenoxy) is 1. The van der Waals surface area contributed by atoms with Crippen LogP contribution in [0.3, 0.4) is 0 Å². The quantitative estimate of drug-likeness (QED) is 0.377. The molecule has 1 aliphatic heterocycles. The summed E-state index contributed by atoms with van der Waals surface area (Å²) in [4.78, 5) is 32.6. The highest BCUT2D eigenvalue weighted by atomic mass is 19.1. The fourth-order valence-electron chi connectivity index (χ4n) is 5.08. The Morgan fingerprint density at radius 2 is 1.87 bits per heavy atom. The predicted octanol–water partition coefficient (Wildman–Crippen LogP) is 2.95. The van der Waals surface area contributed by atoms with Gasteiger partial charge in [-0.3, -0.25) is 14.0 Å². The lowest BCUT2D eigenvalue weighted by molar-refractivity contribution is 0.0857. The molecule has 10 heteroatoms. The van der Waals surface area contributed by atoms with Crippen LogP contribution < -0.4 is 15.5 Å². The van der Waals surface area contributed by atoms with Gasteiger partial charge in [0.25, 0.3) is 11.8 Å². The Kier molecular flexibility index (Phi) is 6.26. The fourth-order valence-corrected chi connectivity index (χ4v) is 5.08. The summed E-state index contributed by atoms with van der Waals surface area (Å²) in [5.74, 6) is -1.72. The van der Waals surface area contributed by atoms with Crippen molar-refractivity contribution in [2.24, 2.45) is 0 Å². The first kappa shape index (κ1) is 24.1. The highest BCUT2D eigenvalue weighted by Crippen LogP contribution is 2.31. The maximum absolute atomic E-state index is 14.6. The predicted molar refractivity (Wildman–Crippen MR) is 139 cm³/mol. The SMILES string of the molecule is O=C(NC1c2ccccc2CC1O)c1ccc(F)c(NC(=O)c2cnc3cc(N4CCOCC4)ccn23)c1. The van der Waals surface area contributed by atoms with Crippen LogP contribution in [0.1, 0.15) is 38.0 Å². The normalized spacial score (nSPS) is 18.8. The number of hydrogen-bond donors (Lipinski definition) is 3. The number of imidazole rings is 1. The Bertz CT molecular complexity index is 1530. The van der Waals surface area contributed by atoms with Crippen molar-refractivity contribution in [3.05, 3.63) is 95.2 Å². The van der Waals surface area contributed by atoms with Gasteiger partial charge < -0.3 is 25.4 Å². The molecule has 1 aliphatic carbocycles. The van der Waals surface area contributed by atoms with Crippen LogP contribution in [0.5, 0.6) is 0 Å². The molecule has 3 N–H and O–H groups in total. The summed E-state index contributed by atoms with van der Waals surface area (Å²) in [6.45, 7) is 2.87. The van der Waals surface area contributed by atoms with Crippen molar-refractivity contribution >= 4 is 28.8 Å². The van der Waals surface area contributed by atoms with Crippen LogP contribution in [0.4, 0.5) is 15.8 Å². The third-order valence-electron chi connectivity index (χ3n) is 7.07. The molecule has 2 aliphatic rings. The minimum atomic E-state index is -0.755. The van der Waals surface area contributed by atoms with Gasteiger partial charge >= 0.3 is 0 Å². The molecule has 2 atom stereocenters. The highest BCUT2D eigenvalue weighted by molar-refractivity contribution is 6.04. The van der Waals surface area contributed by atoms with Crippen LogP contribution in [0.25, 0.3) is 5.65 Å². The van der Waals surface area contributed by atoms with E-state index in [0.717, 1.165) is 36.0 Å². The molecule has 2 aromatic heterocycles. The number of carbonyl (C=O) groups is 2. The van der Waals surface area contributed by atoms with Crippen molar-refractivity contribution < 1.29 is 23.8 Å². The zero-order valence-corrected chi connectivity index (χ0v) is 20.4. The molecule has 6 rings (SSSR count). The van der Waals surface area contributed by atoms with E-state index in [1.807, 2.05) is 36.4 Å². The van der Waals surface area contributed by atoms with Crippen LogP contribution in [-0.2, 0) is 11.2 Å². The number of pyridine rings is 1. The van der Waals surface area contributed by atoms with Gasteiger partial charge in [0.15, 0.2) is 0 Å². The van der Waals surface area contributed by atoms with Crippen molar-refractivity contribution in [3.8, 4) is 0 Å². The third-order valence-corrected chi connectivity index (χ3v) is 7.07. The van der Waals surface area contributed by atoms with Crippen LogP contribution >= 0.6 is 0 Å². The lowest BCUT2D eigenvalue weighted by Crippen LogP contribution is -2.36. The first-order valence-corrected chi connectivity index (χ1v) is 12.5. The molecule has 4 aromatic rings. The molecule has 9 nitrogen and oxygen atoms in total. The molecule has 2 unspecified atom stereocenters. The summed E-state index contributed by atoms with van der Waals surface area (Å²) in [5, 5.41) is 15.9. The number of morpholine rings is 1. The van der Waals surface area contributed by atoms with E-state index in [4.69, 9.17) is 4.74 Å². The zero-order valence-electron chi connectivity index (χ0n) is 20.4. The van der Waals surface area contributed by atoms with E-state index in [1.165, 1.54) is 18.3 Å². The van der Waals surface area contributed by atoms with Gasteiger partial charge in [0.2, 0.25) is 0 Å². The number of carbonyl (C=O) groups excluding carboxylic acids is 2. The molecule has 1 saturated heterocycles. The van der Waals surface area contributed by atoms with E-state index in [9.17, 15) is 19.1 Å². The Labute approximate surface area is 217 Å². The van der Waals surface area contributed by atoms with Crippen LogP contribution in [0.15, 0.2) is 67.0 Å². The summed E-state index contributed by atoms with van der Waals surface area (Å²) in [7, 11) is 0. The number of nitrogens with one attached hydrogen (secondary N) is 2.